The van der Waals surface area contributed by atoms with Gasteiger partial charge in [0, 0.05) is 65.3 Å². The summed E-state index contributed by atoms with van der Waals surface area (Å²) in [6.45, 7) is 16.2. The van der Waals surface area contributed by atoms with Crippen molar-refractivity contribution in [2.24, 2.45) is 10.9 Å². The van der Waals surface area contributed by atoms with E-state index in [2.05, 4.69) is 66.4 Å². The zero-order valence-electron chi connectivity index (χ0n) is 20.2. The fourth-order valence-corrected chi connectivity index (χ4v) is 3.86. The lowest BCUT2D eigenvalue weighted by atomic mass is 10.1. The van der Waals surface area contributed by atoms with Crippen molar-refractivity contribution in [1.82, 2.24) is 20.4 Å². The van der Waals surface area contributed by atoms with Gasteiger partial charge >= 0.3 is 0 Å². The predicted molar refractivity (Wildman–Crippen MR) is 128 cm³/mol. The van der Waals surface area contributed by atoms with Gasteiger partial charge in [-0.3, -0.25) is 14.7 Å². The second-order valence-corrected chi connectivity index (χ2v) is 8.87. The third-order valence-corrected chi connectivity index (χ3v) is 5.56. The number of amides is 1. The van der Waals surface area contributed by atoms with Crippen LogP contribution in [0.4, 0.5) is 0 Å². The van der Waals surface area contributed by atoms with Crippen molar-refractivity contribution in [2.75, 3.05) is 46.3 Å². The summed E-state index contributed by atoms with van der Waals surface area (Å²) in [6.07, 6.45) is 1.21. The Labute approximate surface area is 188 Å². The number of guanidine groups is 1. The minimum atomic E-state index is 0.167. The Morgan fingerprint density at radius 1 is 1.16 bits per heavy atom. The highest BCUT2D eigenvalue weighted by Gasteiger charge is 2.18. The molecule has 7 nitrogen and oxygen atoms in total. The Kier molecular flexibility index (Phi) is 10.1. The first-order valence-electron chi connectivity index (χ1n) is 11.5. The van der Waals surface area contributed by atoms with E-state index in [1.807, 2.05) is 4.90 Å². The summed E-state index contributed by atoms with van der Waals surface area (Å²) in [6, 6.07) is 6.36. The summed E-state index contributed by atoms with van der Waals surface area (Å²) >= 11 is 0. The molecular weight excluding hydrogens is 390 g/mol. The third-order valence-electron chi connectivity index (χ3n) is 5.56. The number of carbonyl (C=O) groups is 1. The maximum Gasteiger partial charge on any atom is 0.219 e. The lowest BCUT2D eigenvalue weighted by Crippen LogP contribution is -2.50. The van der Waals surface area contributed by atoms with Crippen LogP contribution >= 0.6 is 0 Å². The van der Waals surface area contributed by atoms with Crippen molar-refractivity contribution in [3.8, 4) is 5.75 Å². The predicted octanol–water partition coefficient (Wildman–Crippen LogP) is 2.64. The number of benzene rings is 1. The van der Waals surface area contributed by atoms with Crippen molar-refractivity contribution in [3.63, 3.8) is 0 Å². The molecule has 0 radical (unpaired) electrons. The summed E-state index contributed by atoms with van der Waals surface area (Å²) < 4.78 is 6.25. The lowest BCUT2D eigenvalue weighted by Gasteiger charge is -2.34. The van der Waals surface area contributed by atoms with Crippen LogP contribution in [-0.4, -0.2) is 74.1 Å². The first-order valence-corrected chi connectivity index (χ1v) is 11.5. The van der Waals surface area contributed by atoms with Gasteiger partial charge < -0.3 is 20.3 Å². The molecular formula is C24H41N5O2. The quantitative estimate of drug-likeness (QED) is 0.465. The third kappa shape index (κ3) is 8.77. The number of nitrogens with one attached hydrogen (secondary N) is 2. The van der Waals surface area contributed by atoms with E-state index in [1.54, 1.807) is 14.0 Å². The van der Waals surface area contributed by atoms with Gasteiger partial charge in [0.05, 0.1) is 6.10 Å². The molecule has 31 heavy (non-hydrogen) atoms. The van der Waals surface area contributed by atoms with Crippen LogP contribution in [0.25, 0.3) is 0 Å². The zero-order valence-corrected chi connectivity index (χ0v) is 20.2. The van der Waals surface area contributed by atoms with Gasteiger partial charge in [-0.25, -0.2) is 0 Å². The van der Waals surface area contributed by atoms with Crippen molar-refractivity contribution < 1.29 is 9.53 Å². The molecule has 2 N–H and O–H groups in total. The van der Waals surface area contributed by atoms with E-state index in [1.165, 1.54) is 5.56 Å². The molecule has 0 aliphatic carbocycles. The van der Waals surface area contributed by atoms with Crippen LogP contribution in [0.5, 0.6) is 5.75 Å². The summed E-state index contributed by atoms with van der Waals surface area (Å²) in [5, 5.41) is 6.80. The van der Waals surface area contributed by atoms with Gasteiger partial charge in [0.25, 0.3) is 0 Å². The van der Waals surface area contributed by atoms with Crippen LogP contribution in [0, 0.1) is 12.8 Å². The molecule has 2 rings (SSSR count). The number of carbonyl (C=O) groups excluding carboxylic acids is 1. The van der Waals surface area contributed by atoms with Gasteiger partial charge in [0.15, 0.2) is 5.96 Å². The number of rotatable bonds is 9. The van der Waals surface area contributed by atoms with Crippen molar-refractivity contribution in [3.05, 3.63) is 29.3 Å². The maximum absolute atomic E-state index is 11.4. The number of hydrogen-bond donors (Lipinski definition) is 2. The molecule has 1 amide bonds. The molecule has 1 saturated heterocycles. The smallest absolute Gasteiger partial charge is 0.219 e. The summed E-state index contributed by atoms with van der Waals surface area (Å²) in [4.78, 5) is 20.1. The molecule has 1 aromatic rings. The number of aliphatic imine (C=N–C) groups is 1. The van der Waals surface area contributed by atoms with E-state index in [-0.39, 0.29) is 12.0 Å². The van der Waals surface area contributed by atoms with Gasteiger partial charge in [0.2, 0.25) is 5.91 Å². The van der Waals surface area contributed by atoms with Crippen molar-refractivity contribution in [1.29, 1.82) is 0 Å². The fourth-order valence-electron chi connectivity index (χ4n) is 3.86. The first kappa shape index (κ1) is 25.0. The molecule has 0 aromatic heterocycles. The van der Waals surface area contributed by atoms with Gasteiger partial charge in [0.1, 0.15) is 5.75 Å². The van der Waals surface area contributed by atoms with E-state index >= 15 is 0 Å². The molecule has 1 fully saturated rings. The Morgan fingerprint density at radius 3 is 2.48 bits per heavy atom. The van der Waals surface area contributed by atoms with Crippen LogP contribution in [0.1, 0.15) is 45.2 Å². The monoisotopic (exact) mass is 431 g/mol. The molecule has 0 saturated carbocycles. The number of ether oxygens (including phenoxy) is 1. The van der Waals surface area contributed by atoms with Crippen molar-refractivity contribution >= 4 is 11.9 Å². The Morgan fingerprint density at radius 2 is 1.87 bits per heavy atom. The first-order chi connectivity index (χ1) is 14.8. The minimum absolute atomic E-state index is 0.167. The molecule has 1 aliphatic heterocycles. The molecule has 1 aromatic carbocycles. The van der Waals surface area contributed by atoms with Gasteiger partial charge in [-0.05, 0) is 37.8 Å². The summed E-state index contributed by atoms with van der Waals surface area (Å²) in [5.41, 5.74) is 2.33. The van der Waals surface area contributed by atoms with Gasteiger partial charge in [-0.15, -0.1) is 0 Å². The molecule has 1 unspecified atom stereocenters. The van der Waals surface area contributed by atoms with Gasteiger partial charge in [-0.2, -0.15) is 0 Å². The van der Waals surface area contributed by atoms with Crippen LogP contribution in [0.15, 0.2) is 23.2 Å². The minimum Gasteiger partial charge on any atom is -0.490 e. The van der Waals surface area contributed by atoms with E-state index in [0.717, 1.165) is 63.0 Å². The molecule has 174 valence electrons. The SMILES string of the molecule is CN=C(NCCN1CCN(C(C)=O)CC1)NCc1ccc(C)cc1OC(C)CC(C)C. The number of piperazine rings is 1. The molecule has 0 spiro atoms. The second-order valence-electron chi connectivity index (χ2n) is 8.87. The zero-order chi connectivity index (χ0) is 22.8. The molecule has 7 heteroatoms. The van der Waals surface area contributed by atoms with Gasteiger partial charge in [-0.1, -0.05) is 26.0 Å². The number of aryl methyl sites for hydroxylation is 1. The Hall–Kier alpha value is -2.28. The van der Waals surface area contributed by atoms with Crippen LogP contribution in [0.3, 0.4) is 0 Å². The molecule has 1 aliphatic rings. The maximum atomic E-state index is 11.4. The highest BCUT2D eigenvalue weighted by atomic mass is 16.5. The summed E-state index contributed by atoms with van der Waals surface area (Å²) in [5.74, 6) is 2.50. The van der Waals surface area contributed by atoms with E-state index in [4.69, 9.17) is 4.74 Å². The van der Waals surface area contributed by atoms with Crippen LogP contribution < -0.4 is 15.4 Å². The number of hydrogen-bond acceptors (Lipinski definition) is 4. The molecule has 1 atom stereocenters. The molecule has 1 heterocycles. The second kappa shape index (κ2) is 12.5. The largest absolute Gasteiger partial charge is 0.490 e. The van der Waals surface area contributed by atoms with Crippen LogP contribution in [-0.2, 0) is 11.3 Å². The average Bonchev–Trinajstić information content (AvgIpc) is 2.71. The Bertz CT molecular complexity index is 727. The average molecular weight is 432 g/mol. The normalized spacial score (nSPS) is 16.4. The van der Waals surface area contributed by atoms with E-state index in [0.29, 0.717) is 12.5 Å². The fraction of sp³-hybridized carbons (Fsp3) is 0.667. The Balaban J connectivity index is 1.81. The highest BCUT2D eigenvalue weighted by Crippen LogP contribution is 2.23. The number of nitrogens with zero attached hydrogens (tertiary/aromatic N) is 3. The summed E-state index contributed by atoms with van der Waals surface area (Å²) in [7, 11) is 1.79. The van der Waals surface area contributed by atoms with E-state index < -0.39 is 0 Å². The molecule has 0 bridgehead atoms. The van der Waals surface area contributed by atoms with Crippen LogP contribution in [0.2, 0.25) is 0 Å². The highest BCUT2D eigenvalue weighted by molar-refractivity contribution is 5.79. The topological polar surface area (TPSA) is 69.2 Å². The standard InChI is InChI=1S/C24H41N5O2/c1-18(2)15-20(4)31-23-16-19(3)7-8-22(23)17-27-24(25-6)26-9-10-28-11-13-29(14-12-28)21(5)30/h7-8,16,18,20H,9-15,17H2,1-6H3,(H2,25,26,27). The van der Waals surface area contributed by atoms with Crippen molar-refractivity contribution in [2.45, 2.75) is 53.7 Å². The van der Waals surface area contributed by atoms with E-state index in [9.17, 15) is 4.79 Å². The lowest BCUT2D eigenvalue weighted by molar-refractivity contribution is -0.130.